The van der Waals surface area contributed by atoms with Gasteiger partial charge in [0.2, 0.25) is 5.91 Å². The second-order valence-electron chi connectivity index (χ2n) is 6.33. The van der Waals surface area contributed by atoms with E-state index in [2.05, 4.69) is 10.1 Å². The molecule has 0 aliphatic carbocycles. The summed E-state index contributed by atoms with van der Waals surface area (Å²) in [5, 5.41) is 2.66. The van der Waals surface area contributed by atoms with E-state index in [1.807, 2.05) is 12.1 Å². The number of carbonyl (C=O) groups is 2. The Morgan fingerprint density at radius 1 is 1.30 bits per heavy atom. The molecule has 9 nitrogen and oxygen atoms in total. The van der Waals surface area contributed by atoms with Crippen LogP contribution in [0.5, 0.6) is 5.75 Å². The zero-order valence-electron chi connectivity index (χ0n) is 14.5. The number of nitrogens with one attached hydrogen (secondary N) is 1. The zero-order valence-corrected chi connectivity index (χ0v) is 14.5. The number of fused-ring (bicyclic) bond motifs is 1. The number of carbonyl (C=O) groups excluding carboxylic acids is 2. The molecule has 1 aliphatic heterocycles. The van der Waals surface area contributed by atoms with E-state index in [4.69, 9.17) is 10.5 Å². The predicted molar refractivity (Wildman–Crippen MR) is 97.0 cm³/mol. The molecule has 3 heterocycles. The Labute approximate surface area is 153 Å². The van der Waals surface area contributed by atoms with Crippen molar-refractivity contribution >= 4 is 23.1 Å². The van der Waals surface area contributed by atoms with Gasteiger partial charge in [-0.15, -0.1) is 0 Å². The Bertz CT molecular complexity index is 1100. The van der Waals surface area contributed by atoms with Gasteiger partial charge in [-0.25, -0.2) is 9.50 Å². The number of primary amides is 1. The lowest BCUT2D eigenvalue weighted by atomic mass is 10.0. The van der Waals surface area contributed by atoms with Crippen LogP contribution in [0, 0.1) is 0 Å². The molecule has 27 heavy (non-hydrogen) atoms. The Morgan fingerprint density at radius 3 is 2.70 bits per heavy atom. The molecule has 2 aromatic heterocycles. The van der Waals surface area contributed by atoms with Gasteiger partial charge in [-0.05, 0) is 24.3 Å². The SMILES string of the molecule is COc1ccc(N2C[C@@H](c3cc(=O)n4[nH]cc(C(N)=O)c4n3)CC2=O)cc1. The van der Waals surface area contributed by atoms with Gasteiger partial charge in [0.05, 0.1) is 12.8 Å². The molecule has 0 saturated carbocycles. The lowest BCUT2D eigenvalue weighted by Gasteiger charge is -2.17. The summed E-state index contributed by atoms with van der Waals surface area (Å²) in [6, 6.07) is 8.56. The van der Waals surface area contributed by atoms with E-state index < -0.39 is 5.91 Å². The van der Waals surface area contributed by atoms with Crippen molar-refractivity contribution in [2.24, 2.45) is 5.73 Å². The number of ether oxygens (including phenoxy) is 1. The van der Waals surface area contributed by atoms with Gasteiger partial charge in [-0.3, -0.25) is 19.5 Å². The summed E-state index contributed by atoms with van der Waals surface area (Å²) >= 11 is 0. The zero-order chi connectivity index (χ0) is 19.1. The Morgan fingerprint density at radius 2 is 2.04 bits per heavy atom. The predicted octanol–water partition coefficient (Wildman–Crippen LogP) is 0.651. The van der Waals surface area contributed by atoms with Crippen LogP contribution >= 0.6 is 0 Å². The van der Waals surface area contributed by atoms with Crippen LogP contribution in [-0.4, -0.2) is 40.1 Å². The molecule has 1 aliphatic rings. The number of hydrogen-bond acceptors (Lipinski definition) is 5. The number of benzene rings is 1. The minimum absolute atomic E-state index is 0.0589. The van der Waals surface area contributed by atoms with Crippen LogP contribution in [0.4, 0.5) is 5.69 Å². The second kappa shape index (κ2) is 6.27. The minimum Gasteiger partial charge on any atom is -0.497 e. The summed E-state index contributed by atoms with van der Waals surface area (Å²) in [4.78, 5) is 42.4. The van der Waals surface area contributed by atoms with Crippen LogP contribution in [0.1, 0.15) is 28.4 Å². The highest BCUT2D eigenvalue weighted by atomic mass is 16.5. The second-order valence-corrected chi connectivity index (χ2v) is 6.33. The summed E-state index contributed by atoms with van der Waals surface area (Å²) in [7, 11) is 1.58. The van der Waals surface area contributed by atoms with Gasteiger partial charge >= 0.3 is 0 Å². The van der Waals surface area contributed by atoms with E-state index in [-0.39, 0.29) is 35.0 Å². The lowest BCUT2D eigenvalue weighted by Crippen LogP contribution is -2.24. The highest BCUT2D eigenvalue weighted by Crippen LogP contribution is 2.31. The van der Waals surface area contributed by atoms with Gasteiger partial charge in [0.1, 0.15) is 11.3 Å². The normalized spacial score (nSPS) is 16.9. The first-order valence-corrected chi connectivity index (χ1v) is 8.33. The topological polar surface area (TPSA) is 123 Å². The molecule has 0 bridgehead atoms. The van der Waals surface area contributed by atoms with Crippen LogP contribution < -0.4 is 20.9 Å². The van der Waals surface area contributed by atoms with E-state index in [9.17, 15) is 14.4 Å². The summed E-state index contributed by atoms with van der Waals surface area (Å²) < 4.78 is 6.29. The van der Waals surface area contributed by atoms with Gasteiger partial charge in [0.15, 0.2) is 5.65 Å². The Kier molecular flexibility index (Phi) is 3.91. The van der Waals surface area contributed by atoms with Crippen molar-refractivity contribution in [1.82, 2.24) is 14.6 Å². The van der Waals surface area contributed by atoms with Crippen molar-refractivity contribution < 1.29 is 14.3 Å². The van der Waals surface area contributed by atoms with Crippen LogP contribution in [-0.2, 0) is 4.79 Å². The van der Waals surface area contributed by atoms with Crippen molar-refractivity contribution in [2.75, 3.05) is 18.6 Å². The van der Waals surface area contributed by atoms with Crippen molar-refractivity contribution in [3.63, 3.8) is 0 Å². The number of anilines is 1. The molecular formula is C18H17N5O4. The molecule has 9 heteroatoms. The summed E-state index contributed by atoms with van der Waals surface area (Å²) in [5.74, 6) is -0.294. The number of hydrogen-bond donors (Lipinski definition) is 2. The van der Waals surface area contributed by atoms with Crippen molar-refractivity contribution in [3.8, 4) is 5.75 Å². The lowest BCUT2D eigenvalue weighted by molar-refractivity contribution is -0.117. The average molecular weight is 367 g/mol. The highest BCUT2D eigenvalue weighted by Gasteiger charge is 2.33. The van der Waals surface area contributed by atoms with Crippen LogP contribution in [0.3, 0.4) is 0 Å². The number of aromatic amines is 1. The standard InChI is InChI=1S/C18H17N5O4/c1-27-12-4-2-11(3-5-12)22-9-10(6-15(22)24)14-7-16(25)23-18(21-14)13(8-20-23)17(19)26/h2-5,7-8,10,20H,6,9H2,1H3,(H2,19,26)/t10-/m0/s1. The fourth-order valence-corrected chi connectivity index (χ4v) is 3.31. The third kappa shape index (κ3) is 2.82. The first-order valence-electron chi connectivity index (χ1n) is 8.33. The van der Waals surface area contributed by atoms with Gasteiger partial charge in [-0.2, -0.15) is 0 Å². The molecule has 2 amide bonds. The number of nitrogens with zero attached hydrogens (tertiary/aromatic N) is 3. The van der Waals surface area contributed by atoms with Crippen molar-refractivity contribution in [2.45, 2.75) is 12.3 Å². The smallest absolute Gasteiger partial charge is 0.272 e. The molecule has 0 unspecified atom stereocenters. The number of amides is 2. The number of rotatable bonds is 4. The first-order chi connectivity index (χ1) is 13.0. The minimum atomic E-state index is -0.680. The maximum Gasteiger partial charge on any atom is 0.272 e. The number of aromatic nitrogens is 3. The third-order valence-corrected chi connectivity index (χ3v) is 4.71. The molecule has 1 saturated heterocycles. The molecule has 0 spiro atoms. The third-order valence-electron chi connectivity index (χ3n) is 4.71. The molecule has 3 N–H and O–H groups in total. The summed E-state index contributed by atoms with van der Waals surface area (Å²) in [6.45, 7) is 0.393. The van der Waals surface area contributed by atoms with Crippen LogP contribution in [0.15, 0.2) is 41.3 Å². The number of nitrogens with two attached hydrogens (primary N) is 1. The fourth-order valence-electron chi connectivity index (χ4n) is 3.31. The molecule has 0 radical (unpaired) electrons. The fraction of sp³-hybridized carbons (Fsp3) is 0.222. The molecule has 1 fully saturated rings. The molecule has 138 valence electrons. The van der Waals surface area contributed by atoms with Crippen molar-refractivity contribution in [1.29, 1.82) is 0 Å². The van der Waals surface area contributed by atoms with Crippen LogP contribution in [0.25, 0.3) is 5.65 Å². The Balaban J connectivity index is 1.68. The van der Waals surface area contributed by atoms with Gasteiger partial charge in [-0.1, -0.05) is 0 Å². The van der Waals surface area contributed by atoms with Gasteiger partial charge in [0, 0.05) is 36.8 Å². The van der Waals surface area contributed by atoms with Gasteiger partial charge in [0.25, 0.3) is 11.5 Å². The molecule has 4 rings (SSSR count). The molecule has 1 atom stereocenters. The largest absolute Gasteiger partial charge is 0.497 e. The average Bonchev–Trinajstić information content (AvgIpc) is 3.26. The highest BCUT2D eigenvalue weighted by molar-refractivity contribution is 5.98. The molecule has 3 aromatic rings. The summed E-state index contributed by atoms with van der Waals surface area (Å²) in [5.41, 5.74) is 6.48. The van der Waals surface area contributed by atoms with E-state index in [0.29, 0.717) is 18.0 Å². The van der Waals surface area contributed by atoms with E-state index >= 15 is 0 Å². The van der Waals surface area contributed by atoms with E-state index in [1.165, 1.54) is 12.3 Å². The van der Waals surface area contributed by atoms with E-state index in [0.717, 1.165) is 10.2 Å². The van der Waals surface area contributed by atoms with Gasteiger partial charge < -0.3 is 15.4 Å². The maximum absolute atomic E-state index is 12.5. The summed E-state index contributed by atoms with van der Waals surface area (Å²) in [6.07, 6.45) is 1.57. The van der Waals surface area contributed by atoms with Crippen molar-refractivity contribution in [3.05, 3.63) is 58.1 Å². The first kappa shape index (κ1) is 16.8. The number of methoxy groups -OCH3 is 1. The van der Waals surface area contributed by atoms with E-state index in [1.54, 1.807) is 24.1 Å². The molecular weight excluding hydrogens is 350 g/mol. The maximum atomic E-state index is 12.5. The monoisotopic (exact) mass is 367 g/mol. The van der Waals surface area contributed by atoms with Crippen LogP contribution in [0.2, 0.25) is 0 Å². The quantitative estimate of drug-likeness (QED) is 0.701. The Hall–Kier alpha value is -3.62. The molecule has 1 aromatic carbocycles. The number of H-pyrrole nitrogens is 1.